The fraction of sp³-hybridized carbons (Fsp3) is 0.167. The van der Waals surface area contributed by atoms with Crippen molar-refractivity contribution < 1.29 is 9.18 Å². The van der Waals surface area contributed by atoms with Gasteiger partial charge in [0.05, 0.1) is 4.91 Å². The molecule has 1 aliphatic rings. The number of rotatable bonds is 1. The van der Waals surface area contributed by atoms with E-state index < -0.39 is 0 Å². The number of carbonyl (C=O) groups is 1. The Kier molecular flexibility index (Phi) is 3.28. The Bertz CT molecular complexity index is 525. The SMILES string of the molecule is CN=C1S/C(=C\c2cccc(F)c2)C(=O)N1C. The number of carbonyl (C=O) groups excluding carboxylic acids is 1. The van der Waals surface area contributed by atoms with Crippen molar-refractivity contribution in [2.45, 2.75) is 0 Å². The van der Waals surface area contributed by atoms with E-state index in [-0.39, 0.29) is 11.7 Å². The van der Waals surface area contributed by atoms with Crippen molar-refractivity contribution in [3.63, 3.8) is 0 Å². The zero-order valence-electron chi connectivity index (χ0n) is 9.48. The number of hydrogen-bond donors (Lipinski definition) is 0. The highest BCUT2D eigenvalue weighted by Gasteiger charge is 2.29. The summed E-state index contributed by atoms with van der Waals surface area (Å²) in [6.07, 6.45) is 1.67. The number of amides is 1. The minimum absolute atomic E-state index is 0.111. The molecule has 1 aromatic rings. The zero-order chi connectivity index (χ0) is 12.4. The van der Waals surface area contributed by atoms with E-state index in [9.17, 15) is 9.18 Å². The van der Waals surface area contributed by atoms with Gasteiger partial charge in [0, 0.05) is 14.1 Å². The van der Waals surface area contributed by atoms with Gasteiger partial charge >= 0.3 is 0 Å². The second-order valence-electron chi connectivity index (χ2n) is 3.54. The Balaban J connectivity index is 2.33. The van der Waals surface area contributed by atoms with Crippen LogP contribution < -0.4 is 0 Å². The highest BCUT2D eigenvalue weighted by Crippen LogP contribution is 2.31. The average molecular weight is 250 g/mol. The number of likely N-dealkylation sites (N-methyl/N-ethyl adjacent to an activating group) is 1. The third-order valence-electron chi connectivity index (χ3n) is 2.34. The molecule has 0 spiro atoms. The Morgan fingerprint density at radius 2 is 2.24 bits per heavy atom. The van der Waals surface area contributed by atoms with Crippen LogP contribution in [-0.4, -0.2) is 30.1 Å². The molecule has 0 unspecified atom stereocenters. The van der Waals surface area contributed by atoms with Crippen molar-refractivity contribution >= 4 is 28.9 Å². The van der Waals surface area contributed by atoms with Crippen LogP contribution in [0.1, 0.15) is 5.56 Å². The zero-order valence-corrected chi connectivity index (χ0v) is 10.3. The first-order valence-electron chi connectivity index (χ1n) is 5.02. The number of benzene rings is 1. The number of aliphatic imine (C=N–C) groups is 1. The smallest absolute Gasteiger partial charge is 0.266 e. The summed E-state index contributed by atoms with van der Waals surface area (Å²) in [5.74, 6) is -0.424. The summed E-state index contributed by atoms with van der Waals surface area (Å²) in [6.45, 7) is 0. The Morgan fingerprint density at radius 3 is 2.82 bits per heavy atom. The molecule has 1 aromatic carbocycles. The molecule has 1 heterocycles. The van der Waals surface area contributed by atoms with E-state index in [2.05, 4.69) is 4.99 Å². The fourth-order valence-corrected chi connectivity index (χ4v) is 2.42. The molecule has 0 aliphatic carbocycles. The lowest BCUT2D eigenvalue weighted by Gasteiger charge is -2.04. The van der Waals surface area contributed by atoms with Crippen molar-refractivity contribution in [3.05, 3.63) is 40.6 Å². The van der Waals surface area contributed by atoms with Gasteiger partial charge in [0.15, 0.2) is 5.17 Å². The first-order valence-corrected chi connectivity index (χ1v) is 5.83. The summed E-state index contributed by atoms with van der Waals surface area (Å²) in [5, 5.41) is 0.651. The number of thioether (sulfide) groups is 1. The molecular weight excluding hydrogens is 239 g/mol. The summed E-state index contributed by atoms with van der Waals surface area (Å²) < 4.78 is 13.0. The summed E-state index contributed by atoms with van der Waals surface area (Å²) in [4.78, 5) is 17.9. The molecule has 0 radical (unpaired) electrons. The molecule has 1 aliphatic heterocycles. The van der Waals surface area contributed by atoms with Crippen LogP contribution in [-0.2, 0) is 4.79 Å². The number of amidine groups is 1. The Labute approximate surface area is 103 Å². The molecule has 1 fully saturated rings. The summed E-state index contributed by atoms with van der Waals surface area (Å²) >= 11 is 1.29. The topological polar surface area (TPSA) is 32.7 Å². The predicted octanol–water partition coefficient (Wildman–Crippen LogP) is 2.36. The van der Waals surface area contributed by atoms with Gasteiger partial charge in [-0.1, -0.05) is 12.1 Å². The average Bonchev–Trinajstić information content (AvgIpc) is 2.57. The maximum atomic E-state index is 13.0. The number of halogens is 1. The molecule has 0 atom stereocenters. The molecule has 0 aromatic heterocycles. The van der Waals surface area contributed by atoms with Crippen molar-refractivity contribution in [1.29, 1.82) is 0 Å². The largest absolute Gasteiger partial charge is 0.290 e. The second-order valence-corrected chi connectivity index (χ2v) is 4.55. The van der Waals surface area contributed by atoms with Crippen molar-refractivity contribution in [2.24, 2.45) is 4.99 Å². The summed E-state index contributed by atoms with van der Waals surface area (Å²) in [5.41, 5.74) is 0.673. The molecule has 0 bridgehead atoms. The quantitative estimate of drug-likeness (QED) is 0.717. The maximum Gasteiger partial charge on any atom is 0.266 e. The summed E-state index contributed by atoms with van der Waals surface area (Å²) in [7, 11) is 3.31. The third-order valence-corrected chi connectivity index (χ3v) is 3.49. The monoisotopic (exact) mass is 250 g/mol. The summed E-state index contributed by atoms with van der Waals surface area (Å²) in [6, 6.07) is 6.13. The van der Waals surface area contributed by atoms with Crippen LogP contribution in [0.5, 0.6) is 0 Å². The minimum atomic E-state index is -0.312. The van der Waals surface area contributed by atoms with Gasteiger partial charge in [-0.05, 0) is 35.5 Å². The lowest BCUT2D eigenvalue weighted by Crippen LogP contribution is -2.23. The lowest BCUT2D eigenvalue weighted by atomic mass is 10.2. The number of hydrogen-bond acceptors (Lipinski definition) is 3. The maximum absolute atomic E-state index is 13.0. The van der Waals surface area contributed by atoms with E-state index >= 15 is 0 Å². The van der Waals surface area contributed by atoms with Gasteiger partial charge in [0.2, 0.25) is 0 Å². The van der Waals surface area contributed by atoms with Crippen LogP contribution >= 0.6 is 11.8 Å². The molecule has 0 saturated carbocycles. The van der Waals surface area contributed by atoms with Crippen LogP contribution in [0.15, 0.2) is 34.2 Å². The molecule has 1 amide bonds. The standard InChI is InChI=1S/C12H11FN2OS/c1-14-12-15(2)11(16)10(17-12)7-8-4-3-5-9(13)6-8/h3-7H,1-2H3/b10-7-,14-12?. The van der Waals surface area contributed by atoms with E-state index in [0.29, 0.717) is 15.6 Å². The van der Waals surface area contributed by atoms with Crippen molar-refractivity contribution in [2.75, 3.05) is 14.1 Å². The second kappa shape index (κ2) is 4.71. The van der Waals surface area contributed by atoms with E-state index in [1.807, 2.05) is 0 Å². The van der Waals surface area contributed by atoms with E-state index in [4.69, 9.17) is 0 Å². The Hall–Kier alpha value is -1.62. The van der Waals surface area contributed by atoms with Gasteiger partial charge in [0.1, 0.15) is 5.82 Å². The third kappa shape index (κ3) is 2.39. The van der Waals surface area contributed by atoms with Gasteiger partial charge < -0.3 is 0 Å². The molecular formula is C12H11FN2OS. The molecule has 17 heavy (non-hydrogen) atoms. The van der Waals surface area contributed by atoms with Crippen LogP contribution in [0.3, 0.4) is 0 Å². The van der Waals surface area contributed by atoms with Crippen LogP contribution in [0.4, 0.5) is 4.39 Å². The van der Waals surface area contributed by atoms with Crippen LogP contribution in [0, 0.1) is 5.82 Å². The van der Waals surface area contributed by atoms with Crippen molar-refractivity contribution in [3.8, 4) is 0 Å². The molecule has 1 saturated heterocycles. The highest BCUT2D eigenvalue weighted by atomic mass is 32.2. The van der Waals surface area contributed by atoms with Gasteiger partial charge in [-0.2, -0.15) is 0 Å². The highest BCUT2D eigenvalue weighted by molar-refractivity contribution is 8.18. The van der Waals surface area contributed by atoms with E-state index in [1.165, 1.54) is 28.8 Å². The number of nitrogens with zero attached hydrogens (tertiary/aromatic N) is 2. The van der Waals surface area contributed by atoms with Gasteiger partial charge in [-0.3, -0.25) is 14.7 Å². The van der Waals surface area contributed by atoms with Crippen LogP contribution in [0.25, 0.3) is 6.08 Å². The Morgan fingerprint density at radius 1 is 1.47 bits per heavy atom. The first kappa shape index (κ1) is 11.9. The molecule has 88 valence electrons. The van der Waals surface area contributed by atoms with Gasteiger partial charge in [0.25, 0.3) is 5.91 Å². The van der Waals surface area contributed by atoms with Gasteiger partial charge in [-0.25, -0.2) is 4.39 Å². The van der Waals surface area contributed by atoms with E-state index in [1.54, 1.807) is 32.3 Å². The molecule has 0 N–H and O–H groups in total. The molecule has 2 rings (SSSR count). The minimum Gasteiger partial charge on any atom is -0.290 e. The fourth-order valence-electron chi connectivity index (χ4n) is 1.50. The first-order chi connectivity index (χ1) is 8.11. The van der Waals surface area contributed by atoms with E-state index in [0.717, 1.165) is 0 Å². The van der Waals surface area contributed by atoms with Crippen molar-refractivity contribution in [1.82, 2.24) is 4.90 Å². The normalized spacial score (nSPS) is 20.6. The van der Waals surface area contributed by atoms with Gasteiger partial charge in [-0.15, -0.1) is 0 Å². The molecule has 5 heteroatoms. The predicted molar refractivity (Wildman–Crippen MR) is 68.1 cm³/mol. The molecule has 3 nitrogen and oxygen atoms in total. The lowest BCUT2D eigenvalue weighted by molar-refractivity contribution is -0.121. The van der Waals surface area contributed by atoms with Crippen LogP contribution in [0.2, 0.25) is 0 Å².